The van der Waals surface area contributed by atoms with Crippen LogP contribution in [0.3, 0.4) is 0 Å². The molecule has 0 saturated heterocycles. The summed E-state index contributed by atoms with van der Waals surface area (Å²) in [7, 11) is 4.41. The summed E-state index contributed by atoms with van der Waals surface area (Å²) in [5, 5.41) is 2.80. The van der Waals surface area contributed by atoms with E-state index in [0.29, 0.717) is 0 Å². The number of nitrogens with zero attached hydrogens (tertiary/aromatic N) is 2. The van der Waals surface area contributed by atoms with Gasteiger partial charge in [-0.05, 0) is 42.0 Å². The topological polar surface area (TPSA) is 9.86 Å². The Kier molecular flexibility index (Phi) is 2.92. The fourth-order valence-electron chi connectivity index (χ4n) is 5.78. The molecule has 0 aliphatic heterocycles. The molecular formula is C24H26N2. The highest BCUT2D eigenvalue weighted by Gasteiger charge is 2.50. The molecule has 2 aromatic carbocycles. The summed E-state index contributed by atoms with van der Waals surface area (Å²) in [4.78, 5) is 0. The fourth-order valence-corrected chi connectivity index (χ4v) is 5.78. The third kappa shape index (κ3) is 1.77. The average molecular weight is 342 g/mol. The van der Waals surface area contributed by atoms with Crippen molar-refractivity contribution in [3.63, 3.8) is 0 Å². The molecule has 132 valence electrons. The van der Waals surface area contributed by atoms with E-state index in [0.717, 1.165) is 6.42 Å². The number of hydrogen-bond acceptors (Lipinski definition) is 0. The van der Waals surface area contributed by atoms with Crippen molar-refractivity contribution in [3.05, 3.63) is 71.5 Å². The number of para-hydroxylation sites is 2. The van der Waals surface area contributed by atoms with Gasteiger partial charge in [0.15, 0.2) is 0 Å². The third-order valence-electron chi connectivity index (χ3n) is 6.59. The smallest absolute Gasteiger partial charge is 0.0483 e. The van der Waals surface area contributed by atoms with E-state index in [-0.39, 0.29) is 10.8 Å². The van der Waals surface area contributed by atoms with E-state index in [1.165, 1.54) is 38.6 Å². The fraction of sp³-hybridized carbons (Fsp3) is 0.333. The largest absolute Gasteiger partial charge is 0.350 e. The van der Waals surface area contributed by atoms with Crippen LogP contribution in [0, 0.1) is 0 Å². The first-order chi connectivity index (χ1) is 12.3. The van der Waals surface area contributed by atoms with Crippen molar-refractivity contribution >= 4 is 21.8 Å². The van der Waals surface area contributed by atoms with Crippen LogP contribution in [0.1, 0.15) is 44.0 Å². The SMILES string of the molecule is Cn1cc([C@]2(C)CC(C)(C)c3c2n(C)c2ccccc32)c2ccccc21. The lowest BCUT2D eigenvalue weighted by Crippen LogP contribution is -2.25. The molecule has 0 amide bonds. The van der Waals surface area contributed by atoms with E-state index in [1.54, 1.807) is 0 Å². The molecule has 2 heterocycles. The molecular weight excluding hydrogens is 316 g/mol. The van der Waals surface area contributed by atoms with Crippen LogP contribution >= 0.6 is 0 Å². The molecule has 1 aliphatic rings. The second kappa shape index (κ2) is 4.82. The molecule has 2 nitrogen and oxygen atoms in total. The van der Waals surface area contributed by atoms with Gasteiger partial charge in [-0.1, -0.05) is 50.2 Å². The first kappa shape index (κ1) is 15.7. The highest BCUT2D eigenvalue weighted by molar-refractivity contribution is 5.91. The van der Waals surface area contributed by atoms with E-state index in [4.69, 9.17) is 0 Å². The zero-order valence-electron chi connectivity index (χ0n) is 16.3. The van der Waals surface area contributed by atoms with E-state index in [9.17, 15) is 0 Å². The Balaban J connectivity index is 1.90. The van der Waals surface area contributed by atoms with Crippen molar-refractivity contribution in [1.29, 1.82) is 0 Å². The number of fused-ring (bicyclic) bond motifs is 4. The van der Waals surface area contributed by atoms with Crippen LogP contribution in [0.15, 0.2) is 54.7 Å². The van der Waals surface area contributed by atoms with Crippen LogP contribution < -0.4 is 0 Å². The summed E-state index contributed by atoms with van der Waals surface area (Å²) in [6.07, 6.45) is 3.49. The molecule has 0 radical (unpaired) electrons. The van der Waals surface area contributed by atoms with Gasteiger partial charge in [0.2, 0.25) is 0 Å². The molecule has 2 heteroatoms. The Morgan fingerprint density at radius 3 is 2.15 bits per heavy atom. The highest BCUT2D eigenvalue weighted by Crippen LogP contribution is 2.56. The Bertz CT molecular complexity index is 1170. The zero-order chi connectivity index (χ0) is 18.3. The van der Waals surface area contributed by atoms with Crippen molar-refractivity contribution in [2.75, 3.05) is 0 Å². The average Bonchev–Trinajstić information content (AvgIpc) is 3.19. The predicted molar refractivity (Wildman–Crippen MR) is 110 cm³/mol. The van der Waals surface area contributed by atoms with Crippen LogP contribution in [0.25, 0.3) is 21.8 Å². The lowest BCUT2D eigenvalue weighted by molar-refractivity contribution is 0.419. The van der Waals surface area contributed by atoms with Gasteiger partial charge in [0.25, 0.3) is 0 Å². The van der Waals surface area contributed by atoms with E-state index in [1.807, 2.05) is 0 Å². The summed E-state index contributed by atoms with van der Waals surface area (Å²) in [6.45, 7) is 7.27. The van der Waals surface area contributed by atoms with Gasteiger partial charge in [-0.2, -0.15) is 0 Å². The summed E-state index contributed by atoms with van der Waals surface area (Å²) in [5.41, 5.74) is 7.29. The van der Waals surface area contributed by atoms with Crippen molar-refractivity contribution in [2.24, 2.45) is 14.1 Å². The summed E-state index contributed by atoms with van der Waals surface area (Å²) >= 11 is 0. The summed E-state index contributed by atoms with van der Waals surface area (Å²) in [6, 6.07) is 17.7. The molecule has 5 rings (SSSR count). The molecule has 0 unspecified atom stereocenters. The van der Waals surface area contributed by atoms with E-state index >= 15 is 0 Å². The van der Waals surface area contributed by atoms with Crippen molar-refractivity contribution < 1.29 is 0 Å². The van der Waals surface area contributed by atoms with Gasteiger partial charge in [-0.3, -0.25) is 0 Å². The Labute approximate surface area is 155 Å². The second-order valence-electron chi connectivity index (χ2n) is 8.86. The number of rotatable bonds is 1. The predicted octanol–water partition coefficient (Wildman–Crippen LogP) is 5.66. The molecule has 2 aromatic heterocycles. The van der Waals surface area contributed by atoms with Crippen LogP contribution in [0.5, 0.6) is 0 Å². The zero-order valence-corrected chi connectivity index (χ0v) is 16.3. The van der Waals surface area contributed by atoms with E-state index in [2.05, 4.69) is 98.7 Å². The summed E-state index contributed by atoms with van der Waals surface area (Å²) in [5.74, 6) is 0. The number of aromatic nitrogens is 2. The van der Waals surface area contributed by atoms with Crippen molar-refractivity contribution in [3.8, 4) is 0 Å². The molecule has 0 saturated carbocycles. The van der Waals surface area contributed by atoms with Crippen LogP contribution in [-0.4, -0.2) is 9.13 Å². The van der Waals surface area contributed by atoms with Gasteiger partial charge in [0.1, 0.15) is 0 Å². The Hall–Kier alpha value is -2.48. The second-order valence-corrected chi connectivity index (χ2v) is 8.86. The van der Waals surface area contributed by atoms with Crippen molar-refractivity contribution in [1.82, 2.24) is 9.13 Å². The molecule has 1 aliphatic carbocycles. The third-order valence-corrected chi connectivity index (χ3v) is 6.59. The van der Waals surface area contributed by atoms with Crippen LogP contribution in [-0.2, 0) is 24.9 Å². The van der Waals surface area contributed by atoms with Crippen molar-refractivity contribution in [2.45, 2.75) is 38.0 Å². The Morgan fingerprint density at radius 1 is 0.808 bits per heavy atom. The normalized spacial score (nSPS) is 21.6. The number of aryl methyl sites for hydroxylation is 2. The maximum Gasteiger partial charge on any atom is 0.0483 e. The minimum absolute atomic E-state index is 0.00741. The van der Waals surface area contributed by atoms with Gasteiger partial charge >= 0.3 is 0 Å². The first-order valence-electron chi connectivity index (χ1n) is 9.47. The van der Waals surface area contributed by atoms with Gasteiger partial charge in [0.05, 0.1) is 0 Å². The van der Waals surface area contributed by atoms with Gasteiger partial charge < -0.3 is 9.13 Å². The van der Waals surface area contributed by atoms with Crippen LogP contribution in [0.2, 0.25) is 0 Å². The van der Waals surface area contributed by atoms with Crippen LogP contribution in [0.4, 0.5) is 0 Å². The monoisotopic (exact) mass is 342 g/mol. The molecule has 0 bridgehead atoms. The van der Waals surface area contributed by atoms with Gasteiger partial charge in [0, 0.05) is 53.2 Å². The summed E-state index contributed by atoms with van der Waals surface area (Å²) < 4.78 is 4.73. The highest BCUT2D eigenvalue weighted by atomic mass is 15.0. The lowest BCUT2D eigenvalue weighted by atomic mass is 9.75. The molecule has 1 atom stereocenters. The quantitative estimate of drug-likeness (QED) is 0.422. The number of benzene rings is 2. The number of hydrogen-bond donors (Lipinski definition) is 0. The standard InChI is InChI=1S/C24H26N2/c1-23(2)15-24(3,18-14-25(4)19-12-8-6-10-16(18)19)22-21(23)17-11-7-9-13-20(17)26(22)5/h6-14H,15H2,1-5H3/t24-/m0/s1. The first-order valence-corrected chi connectivity index (χ1v) is 9.47. The van der Waals surface area contributed by atoms with Gasteiger partial charge in [-0.25, -0.2) is 0 Å². The Morgan fingerprint density at radius 2 is 1.42 bits per heavy atom. The molecule has 0 N–H and O–H groups in total. The molecule has 4 aromatic rings. The molecule has 0 fully saturated rings. The minimum atomic E-state index is 0.00741. The maximum absolute atomic E-state index is 2.45. The molecule has 0 spiro atoms. The lowest BCUT2D eigenvalue weighted by Gasteiger charge is -2.29. The van der Waals surface area contributed by atoms with Gasteiger partial charge in [-0.15, -0.1) is 0 Å². The maximum atomic E-state index is 2.45. The molecule has 26 heavy (non-hydrogen) atoms. The minimum Gasteiger partial charge on any atom is -0.350 e. The van der Waals surface area contributed by atoms with E-state index < -0.39 is 0 Å².